The predicted molar refractivity (Wildman–Crippen MR) is 162 cm³/mol. The van der Waals surface area contributed by atoms with Crippen LogP contribution in [0.2, 0.25) is 0 Å². The van der Waals surface area contributed by atoms with Gasteiger partial charge < -0.3 is 34.6 Å². The van der Waals surface area contributed by atoms with E-state index in [-0.39, 0.29) is 36.2 Å². The van der Waals surface area contributed by atoms with Crippen molar-refractivity contribution in [2.75, 3.05) is 45.8 Å². The van der Waals surface area contributed by atoms with Crippen LogP contribution in [0.15, 0.2) is 47.3 Å². The van der Waals surface area contributed by atoms with Gasteiger partial charge >= 0.3 is 17.1 Å². The Morgan fingerprint density at radius 2 is 1.61 bits per heavy atom. The van der Waals surface area contributed by atoms with Crippen LogP contribution in [0.25, 0.3) is 10.2 Å². The number of carboxylic acid groups (broad SMARTS) is 1. The van der Waals surface area contributed by atoms with Gasteiger partial charge in [-0.3, -0.25) is 4.79 Å². The molecule has 0 saturated carbocycles. The van der Waals surface area contributed by atoms with Crippen molar-refractivity contribution in [3.63, 3.8) is 0 Å². The molecule has 0 aliphatic carbocycles. The molecule has 1 atom stereocenters. The van der Waals surface area contributed by atoms with Crippen molar-refractivity contribution in [2.45, 2.75) is 52.6 Å². The van der Waals surface area contributed by atoms with Crippen molar-refractivity contribution in [2.24, 2.45) is 0 Å². The van der Waals surface area contributed by atoms with Crippen LogP contribution in [0.4, 0.5) is 9.59 Å². The zero-order valence-corrected chi connectivity index (χ0v) is 25.4. The van der Waals surface area contributed by atoms with Crippen molar-refractivity contribution in [3.8, 4) is 5.75 Å². The molecule has 0 saturated heterocycles. The van der Waals surface area contributed by atoms with Gasteiger partial charge in [0.2, 0.25) is 0 Å². The van der Waals surface area contributed by atoms with E-state index in [0.717, 1.165) is 35.6 Å². The quantitative estimate of drug-likeness (QED) is 0.252. The maximum absolute atomic E-state index is 13.1. The Bertz CT molecular complexity index is 1350. The van der Waals surface area contributed by atoms with Crippen LogP contribution in [0.3, 0.4) is 0 Å². The number of carbonyl (C=O) groups is 2. The number of aromatic amines is 1. The lowest BCUT2D eigenvalue weighted by Gasteiger charge is -2.32. The van der Waals surface area contributed by atoms with Gasteiger partial charge in [0.1, 0.15) is 16.9 Å². The maximum Gasteiger partial charge on any atom is 0.410 e. The van der Waals surface area contributed by atoms with Crippen molar-refractivity contribution < 1.29 is 24.5 Å². The monoisotopic (exact) mass is 586 g/mol. The first-order chi connectivity index (χ1) is 19.4. The van der Waals surface area contributed by atoms with E-state index in [4.69, 9.17) is 4.74 Å². The minimum atomic E-state index is -1.10. The highest BCUT2D eigenvalue weighted by Gasteiger charge is 2.27. The molecular weight excluding hydrogens is 544 g/mol. The fourth-order valence-corrected chi connectivity index (χ4v) is 5.68. The molecule has 2 aromatic carbocycles. The van der Waals surface area contributed by atoms with Gasteiger partial charge in [0, 0.05) is 38.6 Å². The van der Waals surface area contributed by atoms with Gasteiger partial charge in [-0.05, 0) is 57.5 Å². The van der Waals surface area contributed by atoms with Crippen LogP contribution in [-0.2, 0) is 11.2 Å². The third-order valence-electron chi connectivity index (χ3n) is 6.94. The molecule has 0 spiro atoms. The number of fused-ring (bicyclic) bond motifs is 1. The minimum Gasteiger partial charge on any atom is -0.506 e. The lowest BCUT2D eigenvalue weighted by atomic mass is 9.91. The number of benzene rings is 2. The van der Waals surface area contributed by atoms with E-state index in [2.05, 4.69) is 23.7 Å². The Kier molecular flexibility index (Phi) is 11.2. The third kappa shape index (κ3) is 9.22. The molecule has 3 aromatic rings. The van der Waals surface area contributed by atoms with Gasteiger partial charge in [-0.15, -0.1) is 0 Å². The first kappa shape index (κ1) is 32.0. The molecule has 1 heterocycles. The van der Waals surface area contributed by atoms with E-state index in [1.807, 2.05) is 30.3 Å². The molecule has 3 N–H and O–H groups in total. The molecule has 2 amide bonds. The lowest BCUT2D eigenvalue weighted by molar-refractivity contribution is 0.0214. The van der Waals surface area contributed by atoms with E-state index >= 15 is 0 Å². The van der Waals surface area contributed by atoms with Crippen LogP contribution in [0.5, 0.6) is 5.75 Å². The number of hydrogen-bond acceptors (Lipinski definition) is 7. The molecule has 0 radical (unpaired) electrons. The Morgan fingerprint density at radius 1 is 0.976 bits per heavy atom. The average Bonchev–Trinajstić information content (AvgIpc) is 3.31. The number of thiazole rings is 1. The predicted octanol–water partition coefficient (Wildman–Crippen LogP) is 5.18. The molecule has 1 unspecified atom stereocenters. The van der Waals surface area contributed by atoms with Gasteiger partial charge in [-0.2, -0.15) is 0 Å². The highest BCUT2D eigenvalue weighted by Crippen LogP contribution is 2.34. The number of aromatic hydroxyl groups is 1. The molecule has 41 heavy (non-hydrogen) atoms. The molecular formula is C30H42N4O6S. The number of carbonyl (C=O) groups excluding carboxylic acids is 1. The number of ether oxygens (including phenoxy) is 1. The van der Waals surface area contributed by atoms with Crippen LogP contribution in [0, 0.1) is 0 Å². The summed E-state index contributed by atoms with van der Waals surface area (Å²) < 4.78 is 6.24. The molecule has 0 bridgehead atoms. The van der Waals surface area contributed by atoms with Crippen molar-refractivity contribution >= 4 is 33.7 Å². The Hall–Kier alpha value is -3.57. The van der Waals surface area contributed by atoms with E-state index in [1.165, 1.54) is 11.0 Å². The zero-order chi connectivity index (χ0) is 30.2. The second kappa shape index (κ2) is 14.4. The number of rotatable bonds is 13. The Morgan fingerprint density at radius 3 is 2.22 bits per heavy atom. The molecule has 0 fully saturated rings. The largest absolute Gasteiger partial charge is 0.506 e. The second-order valence-electron chi connectivity index (χ2n) is 11.0. The van der Waals surface area contributed by atoms with Gasteiger partial charge in [-0.25, -0.2) is 9.59 Å². The van der Waals surface area contributed by atoms with E-state index in [0.29, 0.717) is 29.7 Å². The van der Waals surface area contributed by atoms with Crippen LogP contribution >= 0.6 is 11.3 Å². The van der Waals surface area contributed by atoms with Crippen molar-refractivity contribution in [1.29, 1.82) is 0 Å². The fraction of sp³-hybridized carbons (Fsp3) is 0.500. The number of hydrogen-bond donors (Lipinski definition) is 3. The molecule has 3 rings (SSSR count). The topological polar surface area (TPSA) is 126 Å². The number of phenolic OH excluding ortho intramolecular Hbond substituents is 1. The minimum absolute atomic E-state index is 0.0307. The summed E-state index contributed by atoms with van der Waals surface area (Å²) in [6.45, 7) is 12.7. The number of nitrogens with one attached hydrogen (secondary N) is 1. The van der Waals surface area contributed by atoms with Gasteiger partial charge in [0.15, 0.2) is 0 Å². The third-order valence-corrected chi connectivity index (χ3v) is 7.87. The molecule has 11 heteroatoms. The van der Waals surface area contributed by atoms with Crippen LogP contribution < -0.4 is 4.87 Å². The smallest absolute Gasteiger partial charge is 0.410 e. The summed E-state index contributed by atoms with van der Waals surface area (Å²) >= 11 is 0.997. The summed E-state index contributed by atoms with van der Waals surface area (Å²) in [7, 11) is 0. The summed E-state index contributed by atoms with van der Waals surface area (Å²) in [5.41, 5.74) is 1.47. The molecule has 0 aliphatic heterocycles. The average molecular weight is 587 g/mol. The number of nitrogens with zero attached hydrogens (tertiary/aromatic N) is 3. The van der Waals surface area contributed by atoms with Crippen LogP contribution in [-0.4, -0.2) is 93.5 Å². The standard InChI is InChI=1S/C30H42N4O6S/c1-6-32(7-2)15-16-33(29(39)40-30(3,4)5)17-18-34(28(37)38)20-22(19-21-11-9-8-10-12-21)23-13-14-24(35)25-26(23)41-27(36)31-25/h8-14,22,35H,6-7,15-20H2,1-5H3,(H,31,36)(H,37,38). The Balaban J connectivity index is 1.88. The number of aromatic nitrogens is 1. The zero-order valence-electron chi connectivity index (χ0n) is 24.6. The van der Waals surface area contributed by atoms with Gasteiger partial charge in [0.05, 0.1) is 4.70 Å². The number of phenols is 1. The summed E-state index contributed by atoms with van der Waals surface area (Å²) in [5.74, 6) is -0.342. The summed E-state index contributed by atoms with van der Waals surface area (Å²) in [6.07, 6.45) is -1.06. The van der Waals surface area contributed by atoms with Gasteiger partial charge in [0.25, 0.3) is 0 Å². The van der Waals surface area contributed by atoms with E-state index in [1.54, 1.807) is 31.7 Å². The molecule has 10 nitrogen and oxygen atoms in total. The normalized spacial score (nSPS) is 12.4. The maximum atomic E-state index is 13.1. The van der Waals surface area contributed by atoms with E-state index < -0.39 is 17.8 Å². The first-order valence-electron chi connectivity index (χ1n) is 14.0. The second-order valence-corrected chi connectivity index (χ2v) is 12.0. The summed E-state index contributed by atoms with van der Waals surface area (Å²) in [5, 5.41) is 20.6. The number of likely N-dealkylation sites (N-methyl/N-ethyl adjacent to an activating group) is 1. The highest BCUT2D eigenvalue weighted by atomic mass is 32.1. The summed E-state index contributed by atoms with van der Waals surface area (Å²) in [6, 6.07) is 13.0. The van der Waals surface area contributed by atoms with Gasteiger partial charge in [-0.1, -0.05) is 61.6 Å². The molecule has 1 aromatic heterocycles. The van der Waals surface area contributed by atoms with E-state index in [9.17, 15) is 24.6 Å². The first-order valence-corrected chi connectivity index (χ1v) is 14.8. The number of amides is 2. The van der Waals surface area contributed by atoms with Crippen molar-refractivity contribution in [3.05, 3.63) is 63.3 Å². The molecule has 0 aliphatic rings. The fourth-order valence-electron chi connectivity index (χ4n) is 4.73. The van der Waals surface area contributed by atoms with Crippen LogP contribution in [0.1, 0.15) is 51.7 Å². The molecule has 224 valence electrons. The highest BCUT2D eigenvalue weighted by molar-refractivity contribution is 7.16. The van der Waals surface area contributed by atoms with Crippen molar-refractivity contribution in [1.82, 2.24) is 19.7 Å². The SMILES string of the molecule is CCN(CC)CCN(CCN(CC(Cc1ccccc1)c1ccc(O)c2[nH]c(=O)sc12)C(=O)O)C(=O)OC(C)(C)C. The lowest BCUT2D eigenvalue weighted by Crippen LogP contribution is -2.46. The Labute approximate surface area is 245 Å². The number of H-pyrrole nitrogens is 1. The summed E-state index contributed by atoms with van der Waals surface area (Å²) in [4.78, 5) is 45.2.